The molecule has 0 saturated carbocycles. The molecule has 0 heterocycles. The van der Waals surface area contributed by atoms with Crippen molar-refractivity contribution in [2.45, 2.75) is 38.5 Å². The van der Waals surface area contributed by atoms with Crippen molar-refractivity contribution < 1.29 is 0 Å². The normalized spacial score (nSPS) is 12.8. The van der Waals surface area contributed by atoms with E-state index in [-0.39, 0.29) is 10.8 Å². The minimum atomic E-state index is 0.0489. The molecule has 2 rings (SSSR count). The van der Waals surface area contributed by atoms with Gasteiger partial charge in [-0.2, -0.15) is 0 Å². The third-order valence-corrected chi connectivity index (χ3v) is 3.95. The Bertz CT molecular complexity index is 506. The van der Waals surface area contributed by atoms with Crippen LogP contribution in [0.5, 0.6) is 0 Å². The van der Waals surface area contributed by atoms with Gasteiger partial charge in [-0.15, -0.1) is 0 Å². The Kier molecular flexibility index (Phi) is 4.13. The van der Waals surface area contributed by atoms with Crippen LogP contribution in [0.1, 0.15) is 38.8 Å². The lowest BCUT2D eigenvalue weighted by Crippen LogP contribution is -2.18. The highest BCUT2D eigenvalue weighted by Gasteiger charge is 2.21. The molecule has 2 aromatic carbocycles. The first-order valence-electron chi connectivity index (χ1n) is 7.23. The maximum atomic E-state index is 2.33. The minimum Gasteiger partial charge on any atom is -0.0776 e. The average Bonchev–Trinajstić information content (AvgIpc) is 2.47. The molecule has 0 radical (unpaired) electrons. The van der Waals surface area contributed by atoms with Crippen LogP contribution < -0.4 is 0 Å². The van der Waals surface area contributed by atoms with E-state index in [1.807, 2.05) is 0 Å². The van der Waals surface area contributed by atoms with E-state index in [9.17, 15) is 0 Å². The van der Waals surface area contributed by atoms with Crippen LogP contribution in [-0.4, -0.2) is 0 Å². The molecule has 0 atom stereocenters. The molecule has 0 aliphatic rings. The Morgan fingerprint density at radius 2 is 0.850 bits per heavy atom. The maximum absolute atomic E-state index is 2.33. The summed E-state index contributed by atoms with van der Waals surface area (Å²) < 4.78 is 0. The van der Waals surface area contributed by atoms with Gasteiger partial charge in [-0.3, -0.25) is 0 Å². The summed E-state index contributed by atoms with van der Waals surface area (Å²) in [4.78, 5) is 0. The van der Waals surface area contributed by atoms with Crippen LogP contribution in [0.3, 0.4) is 0 Å². The lowest BCUT2D eigenvalue weighted by molar-refractivity contribution is 0.626. The molecule has 0 amide bonds. The van der Waals surface area contributed by atoms with Crippen molar-refractivity contribution in [1.82, 2.24) is 0 Å². The van der Waals surface area contributed by atoms with Crippen LogP contribution >= 0.6 is 0 Å². The second-order valence-electron chi connectivity index (χ2n) is 6.51. The van der Waals surface area contributed by atoms with Gasteiger partial charge in [-0.25, -0.2) is 0 Å². The van der Waals surface area contributed by atoms with Crippen LogP contribution in [0, 0.1) is 0 Å². The monoisotopic (exact) mass is 264 g/mol. The summed E-state index contributed by atoms with van der Waals surface area (Å²) in [6.45, 7) is 9.06. The SMILES string of the molecule is CC(C)(/C=C/C(C)(C)c1ccccc1)c1ccccc1. The summed E-state index contributed by atoms with van der Waals surface area (Å²) in [5.74, 6) is 0. The van der Waals surface area contributed by atoms with E-state index in [1.165, 1.54) is 11.1 Å². The molecule has 20 heavy (non-hydrogen) atoms. The van der Waals surface area contributed by atoms with Gasteiger partial charge in [-0.05, 0) is 11.1 Å². The van der Waals surface area contributed by atoms with Gasteiger partial charge in [0.15, 0.2) is 0 Å². The Labute approximate surface area is 123 Å². The molecule has 0 aliphatic heterocycles. The quantitative estimate of drug-likeness (QED) is 0.640. The molecule has 0 saturated heterocycles. The van der Waals surface area contributed by atoms with Gasteiger partial charge in [0.2, 0.25) is 0 Å². The molecule has 0 unspecified atom stereocenters. The molecule has 0 fully saturated rings. The number of rotatable bonds is 4. The van der Waals surface area contributed by atoms with E-state index < -0.39 is 0 Å². The van der Waals surface area contributed by atoms with Crippen molar-refractivity contribution >= 4 is 0 Å². The molecule has 0 N–H and O–H groups in total. The Morgan fingerprint density at radius 1 is 0.550 bits per heavy atom. The van der Waals surface area contributed by atoms with Crippen LogP contribution in [0.4, 0.5) is 0 Å². The second-order valence-corrected chi connectivity index (χ2v) is 6.51. The van der Waals surface area contributed by atoms with Crippen molar-refractivity contribution in [3.05, 3.63) is 83.9 Å². The zero-order valence-corrected chi connectivity index (χ0v) is 12.9. The molecule has 0 aromatic heterocycles. The molecular formula is C20H24. The van der Waals surface area contributed by atoms with E-state index in [4.69, 9.17) is 0 Å². The Morgan fingerprint density at radius 3 is 1.15 bits per heavy atom. The Balaban J connectivity index is 2.24. The molecule has 2 aromatic rings. The summed E-state index contributed by atoms with van der Waals surface area (Å²) in [6.07, 6.45) is 4.66. The predicted octanol–water partition coefficient (Wildman–Crippen LogP) is 5.50. The number of hydrogen-bond donors (Lipinski definition) is 0. The van der Waals surface area contributed by atoms with Crippen molar-refractivity contribution in [3.63, 3.8) is 0 Å². The van der Waals surface area contributed by atoms with Gasteiger partial charge in [0, 0.05) is 10.8 Å². The molecule has 104 valence electrons. The van der Waals surface area contributed by atoms with E-state index >= 15 is 0 Å². The standard InChI is InChI=1S/C20H24/c1-19(2,17-11-7-5-8-12-17)15-16-20(3,4)18-13-9-6-10-14-18/h5-16H,1-4H3/b16-15+. The highest BCUT2D eigenvalue weighted by Crippen LogP contribution is 2.29. The molecule has 0 heteroatoms. The fourth-order valence-corrected chi connectivity index (χ4v) is 2.34. The lowest BCUT2D eigenvalue weighted by atomic mass is 9.79. The first-order valence-corrected chi connectivity index (χ1v) is 7.23. The predicted molar refractivity (Wildman–Crippen MR) is 88.1 cm³/mol. The minimum absolute atomic E-state index is 0.0489. The van der Waals surface area contributed by atoms with Crippen molar-refractivity contribution in [1.29, 1.82) is 0 Å². The summed E-state index contributed by atoms with van der Waals surface area (Å²) in [5.41, 5.74) is 2.79. The summed E-state index contributed by atoms with van der Waals surface area (Å²) >= 11 is 0. The van der Waals surface area contributed by atoms with Gasteiger partial charge < -0.3 is 0 Å². The van der Waals surface area contributed by atoms with E-state index in [0.29, 0.717) is 0 Å². The van der Waals surface area contributed by atoms with Gasteiger partial charge in [0.1, 0.15) is 0 Å². The van der Waals surface area contributed by atoms with Crippen LogP contribution in [0.2, 0.25) is 0 Å². The first kappa shape index (κ1) is 14.6. The smallest absolute Gasteiger partial charge is 0.00756 e. The van der Waals surface area contributed by atoms with Gasteiger partial charge in [0.25, 0.3) is 0 Å². The molecular weight excluding hydrogens is 240 g/mol. The zero-order chi connectivity index (χ0) is 14.6. The lowest BCUT2D eigenvalue weighted by Gasteiger charge is -2.26. The van der Waals surface area contributed by atoms with Gasteiger partial charge in [-0.1, -0.05) is 101 Å². The highest BCUT2D eigenvalue weighted by molar-refractivity contribution is 5.33. The summed E-state index contributed by atoms with van der Waals surface area (Å²) in [7, 11) is 0. The average molecular weight is 264 g/mol. The molecule has 0 aliphatic carbocycles. The van der Waals surface area contributed by atoms with Crippen molar-refractivity contribution in [2.24, 2.45) is 0 Å². The fraction of sp³-hybridized carbons (Fsp3) is 0.300. The number of allylic oxidation sites excluding steroid dienone is 2. The molecule has 0 bridgehead atoms. The van der Waals surface area contributed by atoms with Gasteiger partial charge >= 0.3 is 0 Å². The van der Waals surface area contributed by atoms with Crippen LogP contribution in [0.15, 0.2) is 72.8 Å². The van der Waals surface area contributed by atoms with Crippen molar-refractivity contribution in [2.75, 3.05) is 0 Å². The van der Waals surface area contributed by atoms with E-state index in [1.54, 1.807) is 0 Å². The summed E-state index contributed by atoms with van der Waals surface area (Å²) in [5, 5.41) is 0. The fourth-order valence-electron chi connectivity index (χ4n) is 2.34. The van der Waals surface area contributed by atoms with E-state index in [0.717, 1.165) is 0 Å². The van der Waals surface area contributed by atoms with Crippen LogP contribution in [0.25, 0.3) is 0 Å². The number of hydrogen-bond acceptors (Lipinski definition) is 0. The number of benzene rings is 2. The third kappa shape index (κ3) is 3.39. The Hall–Kier alpha value is -1.82. The zero-order valence-electron chi connectivity index (χ0n) is 12.9. The molecule has 0 nitrogen and oxygen atoms in total. The first-order chi connectivity index (χ1) is 9.42. The van der Waals surface area contributed by atoms with Crippen LogP contribution in [-0.2, 0) is 10.8 Å². The largest absolute Gasteiger partial charge is 0.0776 e. The molecule has 0 spiro atoms. The second kappa shape index (κ2) is 5.66. The maximum Gasteiger partial charge on any atom is 0.00756 e. The third-order valence-electron chi connectivity index (χ3n) is 3.95. The topological polar surface area (TPSA) is 0 Å². The van der Waals surface area contributed by atoms with E-state index in [2.05, 4.69) is 101 Å². The van der Waals surface area contributed by atoms with Gasteiger partial charge in [0.05, 0.1) is 0 Å². The summed E-state index contributed by atoms with van der Waals surface area (Å²) in [6, 6.07) is 21.3. The van der Waals surface area contributed by atoms with Crippen molar-refractivity contribution in [3.8, 4) is 0 Å². The highest BCUT2D eigenvalue weighted by atomic mass is 14.2.